The number of rotatable bonds is 6. The van der Waals surface area contributed by atoms with Crippen molar-refractivity contribution in [1.82, 2.24) is 0 Å². The van der Waals surface area contributed by atoms with Crippen LogP contribution >= 0.6 is 23.2 Å². The Hall–Kier alpha value is -0.670. The molecule has 3 nitrogen and oxygen atoms in total. The number of carbonyl (C=O) groups excluding carboxylic acids is 1. The van der Waals surface area contributed by atoms with Crippen LogP contribution < -0.4 is 0 Å². The van der Waals surface area contributed by atoms with Crippen LogP contribution in [0.5, 0.6) is 0 Å². The molecule has 0 N–H and O–H groups in total. The second kappa shape index (κ2) is 7.58. The maximum absolute atomic E-state index is 11.1. The highest BCUT2D eigenvalue weighted by Crippen LogP contribution is 2.21. The lowest BCUT2D eigenvalue weighted by atomic mass is 10.3. The molecule has 92 valence electrons. The van der Waals surface area contributed by atoms with E-state index in [9.17, 15) is 4.79 Å². The average molecular weight is 267 g/mol. The Morgan fingerprint density at radius 2 is 1.94 bits per heavy atom. The number of ether oxygens (including phenoxy) is 2. The zero-order valence-corrected chi connectivity index (χ0v) is 11.2. The van der Waals surface area contributed by atoms with Crippen LogP contribution in [-0.4, -0.2) is 12.3 Å². The fourth-order valence-corrected chi connectivity index (χ4v) is 1.26. The highest BCUT2D eigenvalue weighted by Gasteiger charge is 2.13. The van der Waals surface area contributed by atoms with Gasteiger partial charge in [-0.2, -0.15) is 0 Å². The summed E-state index contributed by atoms with van der Waals surface area (Å²) in [5.41, 5.74) is 0.301. The molecule has 0 bridgehead atoms. The second-order valence-electron chi connectivity index (χ2n) is 3.30. The largest absolute Gasteiger partial charge is 0.443 e. The van der Waals surface area contributed by atoms with Crippen LogP contribution in [0.2, 0.25) is 0 Å². The molecule has 0 amide bonds. The third-order valence-electron chi connectivity index (χ3n) is 1.57. The van der Waals surface area contributed by atoms with Crippen LogP contribution in [0.4, 0.5) is 0 Å². The molecule has 0 spiro atoms. The summed E-state index contributed by atoms with van der Waals surface area (Å²) in [4.78, 5) is 11.1. The van der Waals surface area contributed by atoms with Gasteiger partial charge >= 0.3 is 5.97 Å². The van der Waals surface area contributed by atoms with Gasteiger partial charge in [-0.3, -0.25) is 0 Å². The molecule has 0 rings (SSSR count). The van der Waals surface area contributed by atoms with Gasteiger partial charge in [0.25, 0.3) is 0 Å². The number of hydrogen-bond acceptors (Lipinski definition) is 3. The minimum atomic E-state index is -0.790. The van der Waals surface area contributed by atoms with Crippen molar-refractivity contribution in [2.24, 2.45) is 0 Å². The third-order valence-corrected chi connectivity index (χ3v) is 2.35. The first-order chi connectivity index (χ1) is 7.38. The van der Waals surface area contributed by atoms with Crippen molar-refractivity contribution in [1.29, 1.82) is 0 Å². The van der Waals surface area contributed by atoms with Crippen molar-refractivity contribution in [3.05, 3.63) is 22.4 Å². The minimum Gasteiger partial charge on any atom is -0.443 e. The number of esters is 1. The van der Waals surface area contributed by atoms with Crippen molar-refractivity contribution < 1.29 is 14.3 Å². The molecular weight excluding hydrogens is 251 g/mol. The zero-order chi connectivity index (χ0) is 12.7. The maximum atomic E-state index is 11.1. The van der Waals surface area contributed by atoms with Crippen LogP contribution in [-0.2, 0) is 14.3 Å². The zero-order valence-electron chi connectivity index (χ0n) is 9.68. The van der Waals surface area contributed by atoms with Crippen LogP contribution in [0.3, 0.4) is 0 Å². The van der Waals surface area contributed by atoms with E-state index in [4.69, 9.17) is 32.7 Å². The van der Waals surface area contributed by atoms with Gasteiger partial charge in [0.2, 0.25) is 11.5 Å². The molecule has 0 saturated carbocycles. The Morgan fingerprint density at radius 1 is 1.38 bits per heavy atom. The van der Waals surface area contributed by atoms with E-state index >= 15 is 0 Å². The second-order valence-corrected chi connectivity index (χ2v) is 4.10. The molecule has 0 aromatic rings. The molecule has 0 aromatic carbocycles. The molecule has 5 heteroatoms. The van der Waals surface area contributed by atoms with Gasteiger partial charge in [-0.05, 0) is 24.9 Å². The molecule has 0 saturated heterocycles. The van der Waals surface area contributed by atoms with E-state index in [0.29, 0.717) is 17.0 Å². The van der Waals surface area contributed by atoms with Crippen molar-refractivity contribution in [2.75, 3.05) is 0 Å². The Labute approximate surface area is 106 Å². The Morgan fingerprint density at radius 3 is 2.38 bits per heavy atom. The van der Waals surface area contributed by atoms with Crippen LogP contribution in [0.1, 0.15) is 33.6 Å². The predicted molar refractivity (Wildman–Crippen MR) is 65.1 cm³/mol. The molecule has 1 atom stereocenters. The van der Waals surface area contributed by atoms with E-state index in [2.05, 4.69) is 6.58 Å². The van der Waals surface area contributed by atoms with Gasteiger partial charge in [0.15, 0.2) is 0 Å². The van der Waals surface area contributed by atoms with Crippen molar-refractivity contribution in [2.45, 2.75) is 39.9 Å². The third kappa shape index (κ3) is 6.03. The fraction of sp³-hybridized carbons (Fsp3) is 0.545. The maximum Gasteiger partial charge on any atom is 0.336 e. The summed E-state index contributed by atoms with van der Waals surface area (Å²) in [5, 5.41) is 0.480. The van der Waals surface area contributed by atoms with E-state index in [1.165, 1.54) is 0 Å². The molecule has 0 aromatic heterocycles. The van der Waals surface area contributed by atoms with Gasteiger partial charge in [0, 0.05) is 12.5 Å². The molecule has 0 heterocycles. The molecule has 0 radical (unpaired) electrons. The summed E-state index contributed by atoms with van der Waals surface area (Å²) in [6.07, 6.45) is 0.696. The summed E-state index contributed by atoms with van der Waals surface area (Å²) >= 11 is 11.6. The summed E-state index contributed by atoms with van der Waals surface area (Å²) < 4.78 is 9.99. The van der Waals surface area contributed by atoms with E-state index in [1.807, 2.05) is 6.92 Å². The fourth-order valence-electron chi connectivity index (χ4n) is 0.803. The highest BCUT2D eigenvalue weighted by molar-refractivity contribution is 6.38. The van der Waals surface area contributed by atoms with Gasteiger partial charge < -0.3 is 9.47 Å². The van der Waals surface area contributed by atoms with Crippen molar-refractivity contribution in [3.63, 3.8) is 0 Å². The van der Waals surface area contributed by atoms with Crippen molar-refractivity contribution in [3.8, 4) is 0 Å². The Bertz CT molecular complexity index is 298. The van der Waals surface area contributed by atoms with Gasteiger partial charge in [-0.1, -0.05) is 31.5 Å². The summed E-state index contributed by atoms with van der Waals surface area (Å²) in [6, 6.07) is 0. The van der Waals surface area contributed by atoms with Gasteiger partial charge in [0.05, 0.1) is 5.03 Å². The number of halogens is 2. The quantitative estimate of drug-likeness (QED) is 0.317. The smallest absolute Gasteiger partial charge is 0.336 e. The molecule has 0 aliphatic rings. The number of allylic oxidation sites excluding steroid dienone is 1. The number of hydrogen-bond donors (Lipinski definition) is 0. The van der Waals surface area contributed by atoms with E-state index < -0.39 is 12.3 Å². The lowest BCUT2D eigenvalue weighted by molar-refractivity contribution is -0.161. The summed E-state index contributed by atoms with van der Waals surface area (Å²) in [6.45, 7) is 8.53. The van der Waals surface area contributed by atoms with Crippen LogP contribution in [0.25, 0.3) is 0 Å². The van der Waals surface area contributed by atoms with E-state index in [-0.39, 0.29) is 5.22 Å². The van der Waals surface area contributed by atoms with Crippen molar-refractivity contribution >= 4 is 29.2 Å². The molecule has 0 aliphatic carbocycles. The van der Waals surface area contributed by atoms with Crippen LogP contribution in [0, 0.1) is 0 Å². The first kappa shape index (κ1) is 15.3. The van der Waals surface area contributed by atoms with Gasteiger partial charge in [-0.15, -0.1) is 0 Å². The van der Waals surface area contributed by atoms with Crippen LogP contribution in [0.15, 0.2) is 22.4 Å². The molecule has 0 aliphatic heterocycles. The topological polar surface area (TPSA) is 35.5 Å². The summed E-state index contributed by atoms with van der Waals surface area (Å²) in [7, 11) is 0. The lowest BCUT2D eigenvalue weighted by Gasteiger charge is -2.15. The highest BCUT2D eigenvalue weighted by atomic mass is 35.5. The monoisotopic (exact) mass is 266 g/mol. The molecule has 0 fully saturated rings. The first-order valence-corrected chi connectivity index (χ1v) is 5.71. The summed E-state index contributed by atoms with van der Waals surface area (Å²) in [5.74, 6) is -0.524. The minimum absolute atomic E-state index is 0.0607. The number of carbonyl (C=O) groups is 1. The Kier molecular flexibility index (Phi) is 7.26. The van der Waals surface area contributed by atoms with Gasteiger partial charge in [-0.25, -0.2) is 4.79 Å². The van der Waals surface area contributed by atoms with E-state index in [1.54, 1.807) is 13.8 Å². The predicted octanol–water partition coefficient (Wildman–Crippen LogP) is 3.92. The first-order valence-electron chi connectivity index (χ1n) is 4.95. The molecular formula is C11H16Cl2O3. The standard InChI is InChI=1S/C11H16Cl2O3/c1-5-6-9(12)10(13)15-8(4)16-11(14)7(2)3/h8H,2,5-6H2,1,3-4H3/b10-9+. The SMILES string of the molecule is C=C(C)C(=O)OC(C)O/C(Cl)=C(/Cl)CCC. The molecule has 1 unspecified atom stereocenters. The normalized spacial score (nSPS) is 13.8. The van der Waals surface area contributed by atoms with Gasteiger partial charge in [0.1, 0.15) is 0 Å². The Balaban J connectivity index is 4.24. The average Bonchev–Trinajstić information content (AvgIpc) is 2.17. The van der Waals surface area contributed by atoms with E-state index in [0.717, 1.165) is 6.42 Å². The molecule has 16 heavy (non-hydrogen) atoms. The lowest BCUT2D eigenvalue weighted by Crippen LogP contribution is -2.17.